The van der Waals surface area contributed by atoms with Gasteiger partial charge in [0.1, 0.15) is 12.4 Å². The number of carbonyl (C=O) groups excluding carboxylic acids is 1. The monoisotopic (exact) mass is 424 g/mol. The van der Waals surface area contributed by atoms with Gasteiger partial charge >= 0.3 is 0 Å². The van der Waals surface area contributed by atoms with Crippen LogP contribution in [-0.4, -0.2) is 60.4 Å². The van der Waals surface area contributed by atoms with E-state index < -0.39 is 20.0 Å². The second-order valence-electron chi connectivity index (χ2n) is 5.51. The summed E-state index contributed by atoms with van der Waals surface area (Å²) in [6, 6.07) is 5.63. The van der Waals surface area contributed by atoms with E-state index in [-0.39, 0.29) is 18.2 Å². The first-order valence-electron chi connectivity index (χ1n) is 7.74. The number of benzene rings is 1. The van der Waals surface area contributed by atoms with Crippen molar-refractivity contribution in [3.63, 3.8) is 0 Å². The molecule has 0 atom stereocenters. The largest absolute Gasteiger partial charge is 0.492 e. The van der Waals surface area contributed by atoms with Crippen molar-refractivity contribution in [2.45, 2.75) is 12.8 Å². The van der Waals surface area contributed by atoms with Crippen molar-refractivity contribution in [2.24, 2.45) is 0 Å². The Morgan fingerprint density at radius 1 is 1.12 bits per heavy atom. The Bertz CT molecular complexity index is 759. The molecule has 1 amide bonds. The quantitative estimate of drug-likeness (QED) is 0.529. The highest BCUT2D eigenvalue weighted by atomic mass is 32.3. The molecule has 0 heterocycles. The summed E-state index contributed by atoms with van der Waals surface area (Å²) in [6.07, 6.45) is 4.93. The summed E-state index contributed by atoms with van der Waals surface area (Å²) in [7, 11) is -7.95. The van der Waals surface area contributed by atoms with E-state index in [0.29, 0.717) is 22.4 Å². The van der Waals surface area contributed by atoms with Gasteiger partial charge in [-0.1, -0.05) is 0 Å². The van der Waals surface area contributed by atoms with Gasteiger partial charge in [-0.3, -0.25) is 4.79 Å². The minimum absolute atomic E-state index is 0.00412. The van der Waals surface area contributed by atoms with Crippen LogP contribution >= 0.6 is 11.8 Å². The van der Waals surface area contributed by atoms with Gasteiger partial charge in [-0.2, -0.15) is 15.5 Å². The molecule has 148 valence electrons. The summed E-state index contributed by atoms with van der Waals surface area (Å²) < 4.78 is 52.6. The number of nitrogens with one attached hydrogen (secondary N) is 1. The number of anilines is 1. The van der Waals surface area contributed by atoms with Crippen LogP contribution in [0.15, 0.2) is 24.3 Å². The maximum Gasteiger partial charge on any atom is 0.245 e. The summed E-state index contributed by atoms with van der Waals surface area (Å²) in [6.45, 7) is 0.591. The predicted molar refractivity (Wildman–Crippen MR) is 105 cm³/mol. The zero-order valence-corrected chi connectivity index (χ0v) is 17.4. The second kappa shape index (κ2) is 10.0. The van der Waals surface area contributed by atoms with Gasteiger partial charge in [0.15, 0.2) is 0 Å². The van der Waals surface area contributed by atoms with Crippen LogP contribution < -0.4 is 13.8 Å². The summed E-state index contributed by atoms with van der Waals surface area (Å²) >= 11 is 1.69. The number of amides is 1. The molecule has 0 saturated heterocycles. The molecule has 0 aliphatic rings. The number of carbonyl (C=O) groups is 1. The van der Waals surface area contributed by atoms with E-state index in [1.165, 1.54) is 24.3 Å². The number of sulfonamides is 2. The maximum absolute atomic E-state index is 11.7. The lowest BCUT2D eigenvalue weighted by Gasteiger charge is -2.19. The Kier molecular flexibility index (Phi) is 8.71. The summed E-state index contributed by atoms with van der Waals surface area (Å²) in [5.41, 5.74) is 0.00412. The average Bonchev–Trinajstić information content (AvgIpc) is 2.50. The first-order valence-corrected chi connectivity index (χ1v) is 12.8. The zero-order chi connectivity index (χ0) is 19.8. The predicted octanol–water partition coefficient (Wildman–Crippen LogP) is 1.05. The normalized spacial score (nSPS) is 11.8. The van der Waals surface area contributed by atoms with E-state index in [1.54, 1.807) is 11.8 Å². The molecule has 26 heavy (non-hydrogen) atoms. The Morgan fingerprint density at radius 3 is 2.19 bits per heavy atom. The molecular formula is C15H24N2O6S3. The highest BCUT2D eigenvalue weighted by Crippen LogP contribution is 2.23. The Hall–Kier alpha value is -1.46. The van der Waals surface area contributed by atoms with Gasteiger partial charge in [-0.05, 0) is 42.7 Å². The number of nitrogens with zero attached hydrogens (tertiary/aromatic N) is 1. The lowest BCUT2D eigenvalue weighted by Crippen LogP contribution is -2.35. The van der Waals surface area contributed by atoms with Crippen molar-refractivity contribution >= 4 is 43.4 Å². The molecule has 1 aromatic rings. The van der Waals surface area contributed by atoms with Gasteiger partial charge in [0.25, 0.3) is 0 Å². The number of hydrogen-bond acceptors (Lipinski definition) is 7. The van der Waals surface area contributed by atoms with Crippen LogP contribution in [0.4, 0.5) is 5.69 Å². The number of hydrogen-bond donors (Lipinski definition) is 1. The molecular weight excluding hydrogens is 400 g/mol. The summed E-state index contributed by atoms with van der Waals surface area (Å²) in [5, 5.41) is 2.74. The van der Waals surface area contributed by atoms with E-state index in [9.17, 15) is 21.6 Å². The molecule has 0 saturated carbocycles. The molecule has 1 rings (SSSR count). The van der Waals surface area contributed by atoms with E-state index in [1.807, 2.05) is 6.26 Å². The molecule has 1 aromatic carbocycles. The highest BCUT2D eigenvalue weighted by Gasteiger charge is 2.27. The number of rotatable bonds is 11. The van der Waals surface area contributed by atoms with E-state index >= 15 is 0 Å². The van der Waals surface area contributed by atoms with Crippen molar-refractivity contribution in [1.29, 1.82) is 0 Å². The van der Waals surface area contributed by atoms with Gasteiger partial charge in [-0.15, -0.1) is 0 Å². The van der Waals surface area contributed by atoms with Crippen molar-refractivity contribution in [2.75, 3.05) is 41.4 Å². The van der Waals surface area contributed by atoms with Crippen LogP contribution in [0.25, 0.3) is 0 Å². The van der Waals surface area contributed by atoms with Crippen LogP contribution in [0, 0.1) is 0 Å². The third kappa shape index (κ3) is 7.83. The molecule has 0 spiro atoms. The van der Waals surface area contributed by atoms with Crippen LogP contribution in [0.1, 0.15) is 12.8 Å². The zero-order valence-electron chi connectivity index (χ0n) is 15.0. The topological polar surface area (TPSA) is 110 Å². The lowest BCUT2D eigenvalue weighted by molar-refractivity contribution is -0.121. The Morgan fingerprint density at radius 2 is 1.69 bits per heavy atom. The van der Waals surface area contributed by atoms with Crippen molar-refractivity contribution in [3.8, 4) is 5.75 Å². The molecule has 0 bridgehead atoms. The van der Waals surface area contributed by atoms with Crippen molar-refractivity contribution < 1.29 is 26.4 Å². The number of ether oxygens (including phenoxy) is 1. The van der Waals surface area contributed by atoms with Crippen LogP contribution in [0.3, 0.4) is 0 Å². The Balaban J connectivity index is 2.56. The fourth-order valence-corrected chi connectivity index (χ4v) is 5.53. The van der Waals surface area contributed by atoms with Crippen LogP contribution in [-0.2, 0) is 24.8 Å². The minimum Gasteiger partial charge on any atom is -0.492 e. The molecule has 1 N–H and O–H groups in total. The maximum atomic E-state index is 11.7. The fraction of sp³-hybridized carbons (Fsp3) is 0.533. The lowest BCUT2D eigenvalue weighted by atomic mass is 10.3. The highest BCUT2D eigenvalue weighted by molar-refractivity contribution is 8.09. The van der Waals surface area contributed by atoms with E-state index in [2.05, 4.69) is 5.32 Å². The Labute approximate surface area is 159 Å². The molecule has 0 fully saturated rings. The van der Waals surface area contributed by atoms with Crippen LogP contribution in [0.5, 0.6) is 5.75 Å². The molecule has 0 radical (unpaired) electrons. The fourth-order valence-electron chi connectivity index (χ4n) is 2.12. The molecule has 0 unspecified atom stereocenters. The summed E-state index contributed by atoms with van der Waals surface area (Å²) in [4.78, 5) is 11.5. The molecule has 0 aliphatic carbocycles. The molecule has 0 aliphatic heterocycles. The van der Waals surface area contributed by atoms with E-state index in [4.69, 9.17) is 4.74 Å². The van der Waals surface area contributed by atoms with Crippen LogP contribution in [0.2, 0.25) is 0 Å². The number of thioether (sulfide) groups is 1. The average molecular weight is 425 g/mol. The SMILES string of the molecule is CSCCCC(=O)NCCOc1ccc(N(S(C)(=O)=O)S(C)(=O)=O)cc1. The first kappa shape index (κ1) is 22.6. The molecule has 0 aromatic heterocycles. The van der Waals surface area contributed by atoms with Gasteiger partial charge in [-0.25, -0.2) is 16.8 Å². The minimum atomic E-state index is -3.97. The van der Waals surface area contributed by atoms with Gasteiger partial charge < -0.3 is 10.1 Å². The smallest absolute Gasteiger partial charge is 0.245 e. The van der Waals surface area contributed by atoms with Gasteiger partial charge in [0.2, 0.25) is 26.0 Å². The van der Waals surface area contributed by atoms with Gasteiger partial charge in [0, 0.05) is 6.42 Å². The van der Waals surface area contributed by atoms with Crippen molar-refractivity contribution in [3.05, 3.63) is 24.3 Å². The third-order valence-electron chi connectivity index (χ3n) is 3.10. The van der Waals surface area contributed by atoms with E-state index in [0.717, 1.165) is 24.7 Å². The van der Waals surface area contributed by atoms with Crippen molar-refractivity contribution in [1.82, 2.24) is 5.32 Å². The standard InChI is InChI=1S/C15H24N2O6S3/c1-24-12-4-5-15(18)16-10-11-23-14-8-6-13(7-9-14)17(25(2,19)20)26(3,21)22/h6-9H,4-5,10-12H2,1-3H3,(H,16,18). The molecule has 8 nitrogen and oxygen atoms in total. The molecule has 11 heteroatoms. The van der Waals surface area contributed by atoms with Gasteiger partial charge in [0.05, 0.1) is 24.7 Å². The third-order valence-corrected chi connectivity index (χ3v) is 7.04. The first-order chi connectivity index (χ1) is 12.1. The second-order valence-corrected chi connectivity index (χ2v) is 10.4. The summed E-state index contributed by atoms with van der Waals surface area (Å²) in [5.74, 6) is 1.34.